The number of amides is 2. The van der Waals surface area contributed by atoms with E-state index in [-0.39, 0.29) is 22.6 Å². The number of nitrogens with one attached hydrogen (secondary N) is 2. The second kappa shape index (κ2) is 7.96. The van der Waals surface area contributed by atoms with Crippen LogP contribution in [0.25, 0.3) is 0 Å². The Morgan fingerprint density at radius 2 is 1.00 bits per heavy atom. The third-order valence-corrected chi connectivity index (χ3v) is 8.95. The van der Waals surface area contributed by atoms with E-state index < -0.39 is 0 Å². The van der Waals surface area contributed by atoms with Crippen LogP contribution in [0.4, 0.5) is 11.4 Å². The molecule has 2 aromatic carbocycles. The maximum Gasteiger partial charge on any atom is 0.221 e. The van der Waals surface area contributed by atoms with Crippen molar-refractivity contribution < 1.29 is 9.59 Å². The molecule has 0 unspecified atom stereocenters. The number of benzene rings is 2. The van der Waals surface area contributed by atoms with Gasteiger partial charge in [0.25, 0.3) is 0 Å². The minimum absolute atomic E-state index is 0.0128. The van der Waals surface area contributed by atoms with Crippen molar-refractivity contribution in [3.63, 3.8) is 0 Å². The summed E-state index contributed by atoms with van der Waals surface area (Å²) < 4.78 is 0. The normalized spacial score (nSPS) is 29.2. The minimum atomic E-state index is -0.0128. The van der Waals surface area contributed by atoms with Crippen molar-refractivity contribution in [1.82, 2.24) is 0 Å². The summed E-state index contributed by atoms with van der Waals surface area (Å²) >= 11 is 0. The summed E-state index contributed by atoms with van der Waals surface area (Å²) in [5.74, 6) is 1.52. The van der Waals surface area contributed by atoms with E-state index >= 15 is 0 Å². The predicted octanol–water partition coefficient (Wildman–Crippen LogP) is 6.63. The Hall–Kier alpha value is -2.62. The fourth-order valence-corrected chi connectivity index (χ4v) is 8.22. The Morgan fingerprint density at radius 1 is 0.676 bits per heavy atom. The average molecular weight is 459 g/mol. The van der Waals surface area contributed by atoms with Crippen LogP contribution in [-0.2, 0) is 20.4 Å². The lowest BCUT2D eigenvalue weighted by Gasteiger charge is -2.63. The number of carbonyl (C=O) groups is 2. The maximum atomic E-state index is 11.7. The summed E-state index contributed by atoms with van der Waals surface area (Å²) in [6.07, 6.45) is 7.70. The van der Waals surface area contributed by atoms with E-state index in [1.54, 1.807) is 13.8 Å². The lowest BCUT2D eigenvalue weighted by atomic mass is 9.41. The van der Waals surface area contributed by atoms with Gasteiger partial charge < -0.3 is 10.6 Å². The zero-order valence-corrected chi connectivity index (χ0v) is 21.5. The molecule has 2 N–H and O–H groups in total. The second-order valence-electron chi connectivity index (χ2n) is 11.9. The first kappa shape index (κ1) is 23.1. The first-order chi connectivity index (χ1) is 16.0. The zero-order valence-electron chi connectivity index (χ0n) is 21.5. The number of rotatable bonds is 4. The molecule has 0 atom stereocenters. The number of hydrogen-bond donors (Lipinski definition) is 2. The fraction of sp³-hybridized carbons (Fsp3) is 0.533. The van der Waals surface area contributed by atoms with E-state index in [1.807, 2.05) is 0 Å². The van der Waals surface area contributed by atoms with Crippen LogP contribution >= 0.6 is 0 Å². The van der Waals surface area contributed by atoms with Gasteiger partial charge in [0.1, 0.15) is 0 Å². The average Bonchev–Trinajstić information content (AvgIpc) is 2.72. The number of aryl methyl sites for hydroxylation is 4. The molecule has 4 fully saturated rings. The number of anilines is 2. The van der Waals surface area contributed by atoms with Crippen molar-refractivity contribution in [3.05, 3.63) is 57.6 Å². The molecule has 0 heterocycles. The van der Waals surface area contributed by atoms with E-state index in [0.29, 0.717) is 0 Å². The highest BCUT2D eigenvalue weighted by atomic mass is 16.2. The van der Waals surface area contributed by atoms with Gasteiger partial charge in [-0.2, -0.15) is 0 Å². The molecule has 4 heteroatoms. The molecule has 2 amide bonds. The van der Waals surface area contributed by atoms with Crippen molar-refractivity contribution in [3.8, 4) is 0 Å². The maximum absolute atomic E-state index is 11.7. The van der Waals surface area contributed by atoms with Gasteiger partial charge in [0, 0.05) is 25.2 Å². The highest BCUT2D eigenvalue weighted by molar-refractivity contribution is 5.91. The van der Waals surface area contributed by atoms with Crippen LogP contribution in [0.15, 0.2) is 24.3 Å². The summed E-state index contributed by atoms with van der Waals surface area (Å²) in [6, 6.07) is 9.43. The van der Waals surface area contributed by atoms with Crippen LogP contribution in [0.5, 0.6) is 0 Å². The minimum Gasteiger partial charge on any atom is -0.326 e. The van der Waals surface area contributed by atoms with Crippen molar-refractivity contribution >= 4 is 23.2 Å². The summed E-state index contributed by atoms with van der Waals surface area (Å²) in [4.78, 5) is 23.5. The summed E-state index contributed by atoms with van der Waals surface area (Å²) in [5.41, 5.74) is 9.98. The quantitative estimate of drug-likeness (QED) is 0.540. The van der Waals surface area contributed by atoms with Gasteiger partial charge in [0.05, 0.1) is 0 Å². The molecule has 4 aliphatic rings. The summed E-state index contributed by atoms with van der Waals surface area (Å²) in [5, 5.41) is 6.08. The Labute approximate surface area is 203 Å². The van der Waals surface area contributed by atoms with Crippen molar-refractivity contribution in [2.75, 3.05) is 10.6 Å². The van der Waals surface area contributed by atoms with Gasteiger partial charge in [-0.1, -0.05) is 24.3 Å². The molecule has 34 heavy (non-hydrogen) atoms. The molecule has 2 aromatic rings. The molecule has 0 aromatic heterocycles. The van der Waals surface area contributed by atoms with Gasteiger partial charge in [0.2, 0.25) is 11.8 Å². The fourth-order valence-electron chi connectivity index (χ4n) is 8.22. The van der Waals surface area contributed by atoms with Gasteiger partial charge in [0.15, 0.2) is 0 Å². The molecular weight excluding hydrogens is 420 g/mol. The molecule has 4 aliphatic carbocycles. The van der Waals surface area contributed by atoms with Gasteiger partial charge in [-0.25, -0.2) is 0 Å². The van der Waals surface area contributed by atoms with E-state index in [4.69, 9.17) is 0 Å². The predicted molar refractivity (Wildman–Crippen MR) is 138 cm³/mol. The summed E-state index contributed by atoms with van der Waals surface area (Å²) in [6.45, 7) is 11.7. The molecular formula is C30H38N2O2. The van der Waals surface area contributed by atoms with Gasteiger partial charge in [-0.05, 0) is 122 Å². The molecule has 4 bridgehead atoms. The molecule has 4 nitrogen and oxygen atoms in total. The van der Waals surface area contributed by atoms with Crippen molar-refractivity contribution in [2.24, 2.45) is 11.8 Å². The third-order valence-electron chi connectivity index (χ3n) is 8.95. The van der Waals surface area contributed by atoms with E-state index in [9.17, 15) is 9.59 Å². The van der Waals surface area contributed by atoms with E-state index in [2.05, 4.69) is 62.6 Å². The van der Waals surface area contributed by atoms with Gasteiger partial charge >= 0.3 is 0 Å². The van der Waals surface area contributed by atoms with Crippen molar-refractivity contribution in [2.45, 2.75) is 90.9 Å². The monoisotopic (exact) mass is 458 g/mol. The lowest BCUT2D eigenvalue weighted by molar-refractivity contribution is -0.115. The molecule has 0 spiro atoms. The molecule has 0 saturated heterocycles. The largest absolute Gasteiger partial charge is 0.326 e. The third kappa shape index (κ3) is 3.76. The molecule has 180 valence electrons. The molecule has 0 radical (unpaired) electrons. The smallest absolute Gasteiger partial charge is 0.221 e. The van der Waals surface area contributed by atoms with Crippen LogP contribution in [-0.4, -0.2) is 11.8 Å². The van der Waals surface area contributed by atoms with Crippen LogP contribution in [0.2, 0.25) is 0 Å². The Morgan fingerprint density at radius 3 is 1.29 bits per heavy atom. The SMILES string of the molecule is CC(=O)Nc1c(C)cc(C23CC4CC(C2)CC(c2cc(C)c(NC(C)=O)c(C)c2)(C4)C3)cc1C. The van der Waals surface area contributed by atoms with E-state index in [1.165, 1.54) is 71.9 Å². The van der Waals surface area contributed by atoms with Gasteiger partial charge in [-0.3, -0.25) is 9.59 Å². The van der Waals surface area contributed by atoms with E-state index in [0.717, 1.165) is 23.2 Å². The highest BCUT2D eigenvalue weighted by Gasteiger charge is 2.58. The summed E-state index contributed by atoms with van der Waals surface area (Å²) in [7, 11) is 0. The number of hydrogen-bond acceptors (Lipinski definition) is 2. The lowest BCUT2D eigenvalue weighted by Crippen LogP contribution is -2.56. The van der Waals surface area contributed by atoms with Crippen molar-refractivity contribution in [1.29, 1.82) is 0 Å². The Balaban J connectivity index is 1.56. The highest BCUT2D eigenvalue weighted by Crippen LogP contribution is 2.66. The number of carbonyl (C=O) groups excluding carboxylic acids is 2. The standard InChI is InChI=1S/C30H38N2O2/c1-17-7-25(8-18(2)27(17)31-21(5)33)29-12-23-11-24(13-29)15-30(14-23,16-29)26-9-19(3)28(20(4)10-26)32-22(6)34/h7-10,23-24H,11-16H2,1-6H3,(H,31,33)(H,32,34). The van der Waals surface area contributed by atoms with Crippen LogP contribution in [0, 0.1) is 39.5 Å². The zero-order chi connectivity index (χ0) is 24.4. The first-order valence-corrected chi connectivity index (χ1v) is 12.8. The molecule has 0 aliphatic heterocycles. The molecule has 6 rings (SSSR count). The second-order valence-corrected chi connectivity index (χ2v) is 11.9. The Bertz CT molecular complexity index is 1040. The van der Waals surface area contributed by atoms with Crippen LogP contribution < -0.4 is 10.6 Å². The Kier molecular flexibility index (Phi) is 5.42. The van der Waals surface area contributed by atoms with Crippen LogP contribution in [0.1, 0.15) is 85.8 Å². The first-order valence-electron chi connectivity index (χ1n) is 12.8. The molecule has 4 saturated carbocycles. The van der Waals surface area contributed by atoms with Gasteiger partial charge in [-0.15, -0.1) is 0 Å². The van der Waals surface area contributed by atoms with Crippen LogP contribution in [0.3, 0.4) is 0 Å². The topological polar surface area (TPSA) is 58.2 Å².